The third-order valence-corrected chi connectivity index (χ3v) is 2.72. The van der Waals surface area contributed by atoms with Crippen molar-refractivity contribution in [1.82, 2.24) is 4.90 Å². The maximum absolute atomic E-state index is 11.3. The van der Waals surface area contributed by atoms with Crippen LogP contribution in [0.15, 0.2) is 12.7 Å². The Bertz CT molecular complexity index is 226. The number of aliphatic hydroxyl groups is 1. The Morgan fingerprint density at radius 2 is 2.06 bits per heavy atom. The average molecular weight is 229 g/mol. The normalized spacial score (nSPS) is 14.6. The monoisotopic (exact) mass is 229 g/mol. The highest BCUT2D eigenvalue weighted by Crippen LogP contribution is 2.23. The molecule has 0 aromatic rings. The fourth-order valence-corrected chi connectivity index (χ4v) is 1.83. The van der Waals surface area contributed by atoms with Gasteiger partial charge in [0, 0.05) is 19.1 Å². The van der Waals surface area contributed by atoms with Crippen LogP contribution in [0.5, 0.6) is 0 Å². The van der Waals surface area contributed by atoms with Gasteiger partial charge in [0.15, 0.2) is 5.72 Å². The van der Waals surface area contributed by atoms with Gasteiger partial charge in [-0.1, -0.05) is 20.4 Å². The van der Waals surface area contributed by atoms with Gasteiger partial charge in [-0.05, 0) is 26.4 Å². The second-order valence-electron chi connectivity index (χ2n) is 3.80. The molecule has 94 valence electrons. The summed E-state index contributed by atoms with van der Waals surface area (Å²) in [5, 5.41) is 8.87. The zero-order valence-electron chi connectivity index (χ0n) is 10.5. The van der Waals surface area contributed by atoms with Gasteiger partial charge in [-0.15, -0.1) is 0 Å². The average Bonchev–Trinajstić information content (AvgIpc) is 2.27. The SMILES string of the molecule is C=CC(=O)OC(C)(CCCO)N(CC)CC. The van der Waals surface area contributed by atoms with Crippen molar-refractivity contribution in [2.24, 2.45) is 0 Å². The minimum absolute atomic E-state index is 0.0997. The van der Waals surface area contributed by atoms with Gasteiger partial charge in [0.1, 0.15) is 0 Å². The Labute approximate surface area is 97.9 Å². The lowest BCUT2D eigenvalue weighted by molar-refractivity contribution is -0.177. The van der Waals surface area contributed by atoms with E-state index in [0.717, 1.165) is 13.1 Å². The van der Waals surface area contributed by atoms with E-state index in [9.17, 15) is 4.79 Å². The zero-order chi connectivity index (χ0) is 12.6. The van der Waals surface area contributed by atoms with Crippen LogP contribution >= 0.6 is 0 Å². The van der Waals surface area contributed by atoms with E-state index in [4.69, 9.17) is 9.84 Å². The maximum Gasteiger partial charge on any atom is 0.331 e. The molecule has 0 aromatic carbocycles. The molecule has 0 aliphatic carbocycles. The fourth-order valence-electron chi connectivity index (χ4n) is 1.83. The smallest absolute Gasteiger partial charge is 0.331 e. The number of hydrogen-bond donors (Lipinski definition) is 1. The molecule has 0 heterocycles. The number of esters is 1. The summed E-state index contributed by atoms with van der Waals surface area (Å²) in [6.07, 6.45) is 2.39. The lowest BCUT2D eigenvalue weighted by Gasteiger charge is -2.39. The van der Waals surface area contributed by atoms with E-state index >= 15 is 0 Å². The molecule has 0 saturated carbocycles. The van der Waals surface area contributed by atoms with Crippen LogP contribution < -0.4 is 0 Å². The molecule has 1 unspecified atom stereocenters. The number of carbonyl (C=O) groups is 1. The predicted octanol–water partition coefficient (Wildman–Crippen LogP) is 1.55. The molecule has 1 atom stereocenters. The van der Waals surface area contributed by atoms with Gasteiger partial charge in [-0.25, -0.2) is 4.79 Å². The highest BCUT2D eigenvalue weighted by molar-refractivity contribution is 5.81. The van der Waals surface area contributed by atoms with E-state index in [1.807, 2.05) is 20.8 Å². The van der Waals surface area contributed by atoms with Crippen molar-refractivity contribution in [3.8, 4) is 0 Å². The van der Waals surface area contributed by atoms with Gasteiger partial charge in [0.25, 0.3) is 0 Å². The second-order valence-corrected chi connectivity index (χ2v) is 3.80. The molecule has 1 N–H and O–H groups in total. The third kappa shape index (κ3) is 4.33. The van der Waals surface area contributed by atoms with E-state index in [0.29, 0.717) is 12.8 Å². The molecule has 0 saturated heterocycles. The molecule has 0 aliphatic heterocycles. The number of nitrogens with zero attached hydrogens (tertiary/aromatic N) is 1. The van der Waals surface area contributed by atoms with E-state index in [-0.39, 0.29) is 6.61 Å². The summed E-state index contributed by atoms with van der Waals surface area (Å²) in [5.74, 6) is -0.424. The van der Waals surface area contributed by atoms with Crippen LogP contribution in [-0.4, -0.2) is 41.4 Å². The number of rotatable bonds is 8. The molecule has 0 bridgehead atoms. The summed E-state index contributed by atoms with van der Waals surface area (Å²) < 4.78 is 5.39. The van der Waals surface area contributed by atoms with Crippen LogP contribution in [-0.2, 0) is 9.53 Å². The molecule has 0 rings (SSSR count). The highest BCUT2D eigenvalue weighted by atomic mass is 16.6. The van der Waals surface area contributed by atoms with E-state index in [1.165, 1.54) is 6.08 Å². The fraction of sp³-hybridized carbons (Fsp3) is 0.750. The van der Waals surface area contributed by atoms with Crippen molar-refractivity contribution in [2.75, 3.05) is 19.7 Å². The van der Waals surface area contributed by atoms with Crippen LogP contribution in [0, 0.1) is 0 Å². The summed E-state index contributed by atoms with van der Waals surface area (Å²) in [5.41, 5.74) is -0.655. The topological polar surface area (TPSA) is 49.8 Å². The summed E-state index contributed by atoms with van der Waals surface area (Å²) >= 11 is 0. The van der Waals surface area contributed by atoms with Crippen LogP contribution in [0.3, 0.4) is 0 Å². The van der Waals surface area contributed by atoms with E-state index in [2.05, 4.69) is 11.5 Å². The molecular formula is C12H23NO3. The maximum atomic E-state index is 11.3. The van der Waals surface area contributed by atoms with Crippen molar-refractivity contribution >= 4 is 5.97 Å². The first kappa shape index (κ1) is 15.1. The Kier molecular flexibility index (Phi) is 7.01. The standard InChI is InChI=1S/C12H23NO3/c1-5-11(15)16-12(4,9-8-10-14)13(6-2)7-3/h5,14H,1,6-10H2,2-4H3. The minimum atomic E-state index is -0.655. The summed E-state index contributed by atoms with van der Waals surface area (Å²) in [6.45, 7) is 11.0. The van der Waals surface area contributed by atoms with Crippen molar-refractivity contribution in [1.29, 1.82) is 0 Å². The van der Waals surface area contributed by atoms with Crippen LogP contribution in [0.2, 0.25) is 0 Å². The first-order valence-corrected chi connectivity index (χ1v) is 5.75. The quantitative estimate of drug-likeness (QED) is 0.390. The van der Waals surface area contributed by atoms with Crippen molar-refractivity contribution < 1.29 is 14.6 Å². The van der Waals surface area contributed by atoms with Crippen LogP contribution in [0.1, 0.15) is 33.6 Å². The molecule has 4 heteroatoms. The zero-order valence-corrected chi connectivity index (χ0v) is 10.5. The molecule has 0 aliphatic rings. The van der Waals surface area contributed by atoms with Crippen molar-refractivity contribution in [3.05, 3.63) is 12.7 Å². The van der Waals surface area contributed by atoms with Crippen molar-refractivity contribution in [2.45, 2.75) is 39.3 Å². The largest absolute Gasteiger partial charge is 0.441 e. The van der Waals surface area contributed by atoms with E-state index in [1.54, 1.807) is 0 Å². The van der Waals surface area contributed by atoms with Crippen LogP contribution in [0.4, 0.5) is 0 Å². The Hall–Kier alpha value is -0.870. The number of carbonyl (C=O) groups excluding carboxylic acids is 1. The van der Waals surface area contributed by atoms with E-state index < -0.39 is 11.7 Å². The van der Waals surface area contributed by atoms with Gasteiger partial charge in [-0.3, -0.25) is 4.90 Å². The Balaban J connectivity index is 4.70. The Morgan fingerprint density at radius 1 is 1.50 bits per heavy atom. The molecule has 0 amide bonds. The summed E-state index contributed by atoms with van der Waals surface area (Å²) in [7, 11) is 0. The number of hydrogen-bond acceptors (Lipinski definition) is 4. The van der Waals surface area contributed by atoms with Gasteiger partial charge in [0.2, 0.25) is 0 Å². The molecular weight excluding hydrogens is 206 g/mol. The van der Waals surface area contributed by atoms with Gasteiger partial charge in [0.05, 0.1) is 0 Å². The first-order valence-electron chi connectivity index (χ1n) is 5.75. The lowest BCUT2D eigenvalue weighted by Crippen LogP contribution is -2.49. The Morgan fingerprint density at radius 3 is 2.44 bits per heavy atom. The summed E-state index contributed by atoms with van der Waals surface area (Å²) in [4.78, 5) is 13.4. The van der Waals surface area contributed by atoms with Crippen LogP contribution in [0.25, 0.3) is 0 Å². The predicted molar refractivity (Wildman–Crippen MR) is 63.9 cm³/mol. The van der Waals surface area contributed by atoms with Crippen molar-refractivity contribution in [3.63, 3.8) is 0 Å². The first-order chi connectivity index (χ1) is 7.53. The van der Waals surface area contributed by atoms with Gasteiger partial charge < -0.3 is 9.84 Å². The molecule has 0 radical (unpaired) electrons. The summed E-state index contributed by atoms with van der Waals surface area (Å²) in [6, 6.07) is 0. The third-order valence-electron chi connectivity index (χ3n) is 2.72. The second kappa shape index (κ2) is 7.41. The minimum Gasteiger partial charge on any atom is -0.441 e. The molecule has 4 nitrogen and oxygen atoms in total. The molecule has 0 aromatic heterocycles. The number of aliphatic hydroxyl groups excluding tert-OH is 1. The van der Waals surface area contributed by atoms with Gasteiger partial charge >= 0.3 is 5.97 Å². The molecule has 16 heavy (non-hydrogen) atoms. The number of ether oxygens (including phenoxy) is 1. The molecule has 0 spiro atoms. The molecule has 0 fully saturated rings. The lowest BCUT2D eigenvalue weighted by atomic mass is 10.1. The highest BCUT2D eigenvalue weighted by Gasteiger charge is 2.32. The van der Waals surface area contributed by atoms with Gasteiger partial charge in [-0.2, -0.15) is 0 Å².